The van der Waals surface area contributed by atoms with Gasteiger partial charge in [0.25, 0.3) is 0 Å². The summed E-state index contributed by atoms with van der Waals surface area (Å²) in [5, 5.41) is 14.4. The molecule has 1 amide bonds. The molecule has 2 aromatic heterocycles. The average molecular weight is 763 g/mol. The number of carbonyl (C=O) groups excluding carboxylic acids is 1. The van der Waals surface area contributed by atoms with Crippen LogP contribution in [0.4, 0.5) is 23.8 Å². The third-order valence-corrected chi connectivity index (χ3v) is 9.94. The Morgan fingerprint density at radius 3 is 2.44 bits per heavy atom. The number of alkyl halides is 3. The van der Waals surface area contributed by atoms with Crippen LogP contribution in [0.25, 0.3) is 5.69 Å². The molecule has 2 saturated heterocycles. The van der Waals surface area contributed by atoms with E-state index in [0.29, 0.717) is 18.5 Å². The van der Waals surface area contributed by atoms with Crippen LogP contribution < -0.4 is 9.64 Å². The standard InChI is InChI=1S/C34H34ClF3N6O7S/c1-21-9-12-44(41-21)25-15-23(35)7-8-24(25)30(34(36,37)38)51-29-16-28(39-27(40-29)19-52(48)49)42-13-10-33(11-14-42)17-26(31(45)46)43(20-33)32(47)50-18-22-5-3-2-4-6-22/h2-9,12,15-16,26,30,52H,10-11,13-14,17-20H2,1H3,(H,45,46)/t26?,30-/m1/s1. The molecular formula is C34H34ClF3N6O7S. The van der Waals surface area contributed by atoms with Gasteiger partial charge in [-0.15, -0.1) is 0 Å². The maximum atomic E-state index is 14.7. The number of hydrogen-bond donors (Lipinski definition) is 2. The van der Waals surface area contributed by atoms with Crippen molar-refractivity contribution in [3.05, 3.63) is 94.5 Å². The molecule has 0 bridgehead atoms. The minimum atomic E-state index is -4.95. The molecule has 4 aromatic rings. The van der Waals surface area contributed by atoms with E-state index < -0.39 is 58.1 Å². The van der Waals surface area contributed by atoms with Crippen LogP contribution in [0.15, 0.2) is 66.9 Å². The first-order valence-corrected chi connectivity index (χ1v) is 17.9. The van der Waals surface area contributed by atoms with Crippen LogP contribution in [-0.2, 0) is 32.6 Å². The molecule has 6 rings (SSSR count). The average Bonchev–Trinajstić information content (AvgIpc) is 3.70. The summed E-state index contributed by atoms with van der Waals surface area (Å²) in [6.07, 6.45) is -5.75. The third kappa shape index (κ3) is 8.41. The highest BCUT2D eigenvalue weighted by molar-refractivity contribution is 7.71. The van der Waals surface area contributed by atoms with Crippen molar-refractivity contribution in [2.75, 3.05) is 24.5 Å². The number of likely N-dealkylation sites (tertiary alicyclic amines) is 1. The molecule has 18 heteroatoms. The zero-order chi connectivity index (χ0) is 37.2. The number of halogens is 4. The van der Waals surface area contributed by atoms with Gasteiger partial charge in [-0.05, 0) is 55.4 Å². The highest BCUT2D eigenvalue weighted by Gasteiger charge is 2.51. The molecule has 0 saturated carbocycles. The van der Waals surface area contributed by atoms with E-state index in [1.54, 1.807) is 42.2 Å². The number of aryl methyl sites for hydroxylation is 1. The van der Waals surface area contributed by atoms with Gasteiger partial charge in [-0.2, -0.15) is 23.3 Å². The van der Waals surface area contributed by atoms with E-state index in [0.717, 1.165) is 5.56 Å². The van der Waals surface area contributed by atoms with Crippen molar-refractivity contribution in [1.82, 2.24) is 24.6 Å². The monoisotopic (exact) mass is 762 g/mol. The second-order valence-electron chi connectivity index (χ2n) is 12.8. The second kappa shape index (κ2) is 15.0. The van der Waals surface area contributed by atoms with Crippen LogP contribution in [0.5, 0.6) is 5.88 Å². The van der Waals surface area contributed by atoms with E-state index in [1.807, 2.05) is 6.07 Å². The van der Waals surface area contributed by atoms with Gasteiger partial charge in [-0.3, -0.25) is 4.90 Å². The van der Waals surface area contributed by atoms with Gasteiger partial charge < -0.3 is 19.5 Å². The highest BCUT2D eigenvalue weighted by Crippen LogP contribution is 2.45. The van der Waals surface area contributed by atoms with Crippen molar-refractivity contribution < 1.29 is 45.8 Å². The zero-order valence-electron chi connectivity index (χ0n) is 27.7. The summed E-state index contributed by atoms with van der Waals surface area (Å²) in [5.74, 6) is -2.43. The third-order valence-electron chi connectivity index (χ3n) is 9.17. The SMILES string of the molecule is Cc1ccn(-c2cc(Cl)ccc2[C@@H](Oc2cc(N3CCC4(CC3)CC(C(=O)O)N(C(=O)OCc3ccccc3)C4)nc(C[SH](=O)=O)n2)C(F)(F)F)n1. The van der Waals surface area contributed by atoms with Crippen molar-refractivity contribution in [1.29, 1.82) is 0 Å². The molecule has 2 aromatic carbocycles. The summed E-state index contributed by atoms with van der Waals surface area (Å²) < 4.78 is 79.8. The van der Waals surface area contributed by atoms with Crippen LogP contribution in [0.2, 0.25) is 5.02 Å². The van der Waals surface area contributed by atoms with Crippen LogP contribution >= 0.6 is 11.6 Å². The molecule has 13 nitrogen and oxygen atoms in total. The van der Waals surface area contributed by atoms with Crippen molar-refractivity contribution in [2.24, 2.45) is 5.41 Å². The van der Waals surface area contributed by atoms with Gasteiger partial charge >= 0.3 is 18.2 Å². The lowest BCUT2D eigenvalue weighted by atomic mass is 9.76. The number of carbonyl (C=O) groups is 2. The predicted molar refractivity (Wildman–Crippen MR) is 182 cm³/mol. The summed E-state index contributed by atoms with van der Waals surface area (Å²) in [4.78, 5) is 36.6. The van der Waals surface area contributed by atoms with Crippen LogP contribution in [0, 0.1) is 12.3 Å². The number of hydrogen-bond acceptors (Lipinski definition) is 10. The number of rotatable bonds is 10. The number of carboxylic acid groups (broad SMARTS) is 1. The topological polar surface area (TPSA) is 157 Å². The number of carboxylic acids is 1. The molecule has 276 valence electrons. The lowest BCUT2D eigenvalue weighted by molar-refractivity contribution is -0.198. The minimum Gasteiger partial charge on any atom is -0.480 e. The van der Waals surface area contributed by atoms with Gasteiger partial charge in [-0.1, -0.05) is 48.0 Å². The molecular weight excluding hydrogens is 729 g/mol. The fraction of sp³-hybridized carbons (Fsp3) is 0.382. The molecule has 52 heavy (non-hydrogen) atoms. The van der Waals surface area contributed by atoms with Crippen LogP contribution in [-0.4, -0.2) is 82.1 Å². The number of amides is 1. The molecule has 2 atom stereocenters. The largest absolute Gasteiger partial charge is 0.480 e. The number of anilines is 1. The van der Waals surface area contributed by atoms with E-state index in [4.69, 9.17) is 21.1 Å². The van der Waals surface area contributed by atoms with E-state index in [1.165, 1.54) is 40.0 Å². The van der Waals surface area contributed by atoms with Gasteiger partial charge in [-0.25, -0.2) is 27.7 Å². The number of aromatic nitrogens is 4. The lowest BCUT2D eigenvalue weighted by Gasteiger charge is -2.39. The Balaban J connectivity index is 1.23. The van der Waals surface area contributed by atoms with Crippen molar-refractivity contribution in [3.8, 4) is 11.6 Å². The number of ether oxygens (including phenoxy) is 2. The van der Waals surface area contributed by atoms with Crippen LogP contribution in [0.1, 0.15) is 48.0 Å². The molecule has 1 N–H and O–H groups in total. The molecule has 1 spiro atoms. The summed E-state index contributed by atoms with van der Waals surface area (Å²) in [7, 11) is -3.05. The maximum absolute atomic E-state index is 14.7. The molecule has 4 heterocycles. The molecule has 2 fully saturated rings. The van der Waals surface area contributed by atoms with Crippen LogP contribution in [0.3, 0.4) is 0 Å². The lowest BCUT2D eigenvalue weighted by Crippen LogP contribution is -2.43. The quantitative estimate of drug-likeness (QED) is 0.197. The molecule has 1 unspecified atom stereocenters. The molecule has 0 aliphatic carbocycles. The molecule has 2 aliphatic rings. The van der Waals surface area contributed by atoms with Crippen molar-refractivity contribution >= 4 is 40.2 Å². The fourth-order valence-corrected chi connectivity index (χ4v) is 7.16. The van der Waals surface area contributed by atoms with Crippen molar-refractivity contribution in [2.45, 2.75) is 56.9 Å². The number of aliphatic carboxylic acids is 1. The minimum absolute atomic E-state index is 0.0178. The van der Waals surface area contributed by atoms with E-state index in [2.05, 4.69) is 15.1 Å². The Labute approximate surface area is 302 Å². The smallest absolute Gasteiger partial charge is 0.429 e. The summed E-state index contributed by atoms with van der Waals surface area (Å²) in [6, 6.07) is 14.5. The Morgan fingerprint density at radius 1 is 1.08 bits per heavy atom. The maximum Gasteiger partial charge on any atom is 0.429 e. The Hall–Kier alpha value is -4.90. The molecule has 0 radical (unpaired) electrons. The Kier molecular flexibility index (Phi) is 10.6. The summed E-state index contributed by atoms with van der Waals surface area (Å²) in [5.41, 5.74) is 0.452. The Morgan fingerprint density at radius 2 is 1.81 bits per heavy atom. The fourth-order valence-electron chi connectivity index (χ4n) is 6.62. The van der Waals surface area contributed by atoms with Gasteiger partial charge in [0.05, 0.1) is 11.4 Å². The first-order chi connectivity index (χ1) is 24.7. The number of piperidine rings is 1. The van der Waals surface area contributed by atoms with Gasteiger partial charge in [0, 0.05) is 42.5 Å². The normalized spacial score (nSPS) is 17.8. The zero-order valence-corrected chi connectivity index (χ0v) is 29.4. The van der Waals surface area contributed by atoms with E-state index in [9.17, 15) is 36.3 Å². The van der Waals surface area contributed by atoms with Gasteiger partial charge in [0.15, 0.2) is 0 Å². The second-order valence-corrected chi connectivity index (χ2v) is 14.2. The predicted octanol–water partition coefficient (Wildman–Crippen LogP) is 5.50. The van der Waals surface area contributed by atoms with Gasteiger partial charge in [0.2, 0.25) is 12.0 Å². The number of thiol groups is 1. The first-order valence-electron chi connectivity index (χ1n) is 16.2. The van der Waals surface area contributed by atoms with E-state index >= 15 is 0 Å². The summed E-state index contributed by atoms with van der Waals surface area (Å²) >= 11 is 6.16. The van der Waals surface area contributed by atoms with Crippen molar-refractivity contribution in [3.63, 3.8) is 0 Å². The molecule has 2 aliphatic heterocycles. The number of nitrogens with zero attached hydrogens (tertiary/aromatic N) is 6. The first kappa shape index (κ1) is 36.9. The van der Waals surface area contributed by atoms with Gasteiger partial charge in [0.1, 0.15) is 40.7 Å². The highest BCUT2D eigenvalue weighted by atomic mass is 35.5. The Bertz CT molecular complexity index is 2010. The van der Waals surface area contributed by atoms with E-state index in [-0.39, 0.29) is 60.6 Å². The number of benzene rings is 2. The summed E-state index contributed by atoms with van der Waals surface area (Å²) in [6.45, 7) is 2.36.